The first kappa shape index (κ1) is 10.3. The van der Waals surface area contributed by atoms with Gasteiger partial charge in [-0.05, 0) is 19.1 Å². The molecule has 0 N–H and O–H groups in total. The summed E-state index contributed by atoms with van der Waals surface area (Å²) in [6.45, 7) is 2.00. The van der Waals surface area contributed by atoms with Gasteiger partial charge in [0.1, 0.15) is 5.15 Å². The molecule has 0 amide bonds. The second kappa shape index (κ2) is 3.86. The van der Waals surface area contributed by atoms with Crippen LogP contribution in [0.2, 0.25) is 5.15 Å². The standard InChI is InChI=1S/C13H10ClN3/c1-9-11-4-2-3-5-12(11)17(16-9)10-6-7-15-13(14)8-10/h2-8H,1H3. The first-order valence-corrected chi connectivity index (χ1v) is 5.70. The molecule has 0 aliphatic carbocycles. The number of fused-ring (bicyclic) bond motifs is 1. The van der Waals surface area contributed by atoms with Crippen molar-refractivity contribution in [1.82, 2.24) is 14.8 Å². The van der Waals surface area contributed by atoms with E-state index >= 15 is 0 Å². The number of benzene rings is 1. The van der Waals surface area contributed by atoms with Crippen LogP contribution in [-0.4, -0.2) is 14.8 Å². The summed E-state index contributed by atoms with van der Waals surface area (Å²) in [7, 11) is 0. The first-order chi connectivity index (χ1) is 8.25. The van der Waals surface area contributed by atoms with Crippen LogP contribution in [0.4, 0.5) is 0 Å². The molecule has 4 heteroatoms. The van der Waals surface area contributed by atoms with Gasteiger partial charge in [0, 0.05) is 17.6 Å². The number of nitrogens with zero attached hydrogens (tertiary/aromatic N) is 3. The van der Waals surface area contributed by atoms with E-state index in [-0.39, 0.29) is 0 Å². The Morgan fingerprint density at radius 1 is 1.18 bits per heavy atom. The van der Waals surface area contributed by atoms with Crippen molar-refractivity contribution >= 4 is 22.5 Å². The van der Waals surface area contributed by atoms with E-state index in [0.29, 0.717) is 5.15 Å². The van der Waals surface area contributed by atoms with Crippen LogP contribution in [0, 0.1) is 6.92 Å². The number of hydrogen-bond acceptors (Lipinski definition) is 2. The van der Waals surface area contributed by atoms with E-state index in [0.717, 1.165) is 22.3 Å². The Hall–Kier alpha value is -1.87. The van der Waals surface area contributed by atoms with Gasteiger partial charge in [0.05, 0.1) is 16.9 Å². The molecule has 3 aromatic rings. The van der Waals surface area contributed by atoms with Crippen LogP contribution in [0.15, 0.2) is 42.6 Å². The summed E-state index contributed by atoms with van der Waals surface area (Å²) in [6.07, 6.45) is 1.68. The van der Waals surface area contributed by atoms with Crippen molar-refractivity contribution < 1.29 is 0 Å². The van der Waals surface area contributed by atoms with E-state index in [1.165, 1.54) is 0 Å². The van der Waals surface area contributed by atoms with Gasteiger partial charge in [-0.1, -0.05) is 29.8 Å². The summed E-state index contributed by atoms with van der Waals surface area (Å²) < 4.78 is 1.89. The highest BCUT2D eigenvalue weighted by atomic mass is 35.5. The van der Waals surface area contributed by atoms with Gasteiger partial charge in [0.25, 0.3) is 0 Å². The monoisotopic (exact) mass is 243 g/mol. The van der Waals surface area contributed by atoms with E-state index in [1.807, 2.05) is 35.9 Å². The quantitative estimate of drug-likeness (QED) is 0.614. The zero-order chi connectivity index (χ0) is 11.8. The van der Waals surface area contributed by atoms with Crippen LogP contribution in [0.1, 0.15) is 5.69 Å². The molecule has 84 valence electrons. The molecular formula is C13H10ClN3. The highest BCUT2D eigenvalue weighted by Crippen LogP contribution is 2.22. The molecule has 0 unspecified atom stereocenters. The Morgan fingerprint density at radius 2 is 2.00 bits per heavy atom. The summed E-state index contributed by atoms with van der Waals surface area (Å²) in [5.74, 6) is 0. The number of aryl methyl sites for hydroxylation is 1. The maximum absolute atomic E-state index is 5.90. The van der Waals surface area contributed by atoms with Gasteiger partial charge in [-0.3, -0.25) is 0 Å². The van der Waals surface area contributed by atoms with E-state index < -0.39 is 0 Å². The maximum Gasteiger partial charge on any atom is 0.131 e. The van der Waals surface area contributed by atoms with Crippen LogP contribution < -0.4 is 0 Å². The predicted octanol–water partition coefficient (Wildman–Crippen LogP) is 3.38. The molecule has 0 saturated carbocycles. The van der Waals surface area contributed by atoms with Crippen molar-refractivity contribution in [2.75, 3.05) is 0 Å². The van der Waals surface area contributed by atoms with Gasteiger partial charge in [0.2, 0.25) is 0 Å². The topological polar surface area (TPSA) is 30.7 Å². The molecule has 0 saturated heterocycles. The SMILES string of the molecule is Cc1nn(-c2ccnc(Cl)c2)c2ccccc12. The number of hydrogen-bond donors (Lipinski definition) is 0. The van der Waals surface area contributed by atoms with Crippen molar-refractivity contribution in [3.05, 3.63) is 53.4 Å². The molecule has 2 heterocycles. The van der Waals surface area contributed by atoms with Gasteiger partial charge in [0.15, 0.2) is 0 Å². The van der Waals surface area contributed by atoms with Crippen molar-refractivity contribution in [2.45, 2.75) is 6.92 Å². The zero-order valence-electron chi connectivity index (χ0n) is 9.26. The lowest BCUT2D eigenvalue weighted by atomic mass is 10.2. The summed E-state index contributed by atoms with van der Waals surface area (Å²) in [5.41, 5.74) is 3.01. The predicted molar refractivity (Wildman–Crippen MR) is 68.6 cm³/mol. The third-order valence-corrected chi connectivity index (χ3v) is 2.93. The van der Waals surface area contributed by atoms with Crippen LogP contribution in [0.3, 0.4) is 0 Å². The van der Waals surface area contributed by atoms with E-state index in [9.17, 15) is 0 Å². The lowest BCUT2D eigenvalue weighted by Gasteiger charge is -2.02. The second-order valence-electron chi connectivity index (χ2n) is 3.85. The van der Waals surface area contributed by atoms with Crippen LogP contribution in [0.25, 0.3) is 16.6 Å². The summed E-state index contributed by atoms with van der Waals surface area (Å²) >= 11 is 5.90. The van der Waals surface area contributed by atoms with Gasteiger partial charge in [-0.15, -0.1) is 0 Å². The molecule has 0 spiro atoms. The fourth-order valence-electron chi connectivity index (χ4n) is 1.94. The van der Waals surface area contributed by atoms with Gasteiger partial charge in [-0.25, -0.2) is 9.67 Å². The largest absolute Gasteiger partial charge is 0.244 e. The molecule has 0 fully saturated rings. The minimum atomic E-state index is 0.472. The third-order valence-electron chi connectivity index (χ3n) is 2.73. The minimum absolute atomic E-state index is 0.472. The smallest absolute Gasteiger partial charge is 0.131 e. The Labute approximate surface area is 104 Å². The Balaban J connectivity index is 2.31. The minimum Gasteiger partial charge on any atom is -0.244 e. The Morgan fingerprint density at radius 3 is 2.82 bits per heavy atom. The van der Waals surface area contributed by atoms with E-state index in [4.69, 9.17) is 11.6 Å². The Kier molecular flexibility index (Phi) is 2.34. The molecule has 3 nitrogen and oxygen atoms in total. The van der Waals surface area contributed by atoms with Crippen LogP contribution in [0.5, 0.6) is 0 Å². The van der Waals surface area contributed by atoms with E-state index in [1.54, 1.807) is 12.3 Å². The third kappa shape index (κ3) is 1.68. The van der Waals surface area contributed by atoms with E-state index in [2.05, 4.69) is 16.1 Å². The van der Waals surface area contributed by atoms with Gasteiger partial charge in [-0.2, -0.15) is 5.10 Å². The number of para-hydroxylation sites is 1. The summed E-state index contributed by atoms with van der Waals surface area (Å²) in [5, 5.41) is 6.16. The average Bonchev–Trinajstić information content (AvgIpc) is 2.68. The molecule has 0 radical (unpaired) electrons. The zero-order valence-corrected chi connectivity index (χ0v) is 10.0. The van der Waals surface area contributed by atoms with Gasteiger partial charge >= 0.3 is 0 Å². The van der Waals surface area contributed by atoms with Crippen LogP contribution >= 0.6 is 11.6 Å². The Bertz CT molecular complexity index is 688. The molecule has 0 bridgehead atoms. The molecule has 0 atom stereocenters. The van der Waals surface area contributed by atoms with Gasteiger partial charge < -0.3 is 0 Å². The number of aromatic nitrogens is 3. The number of halogens is 1. The lowest BCUT2D eigenvalue weighted by Crippen LogP contribution is -1.96. The molecular weight excluding hydrogens is 234 g/mol. The average molecular weight is 244 g/mol. The number of pyridine rings is 1. The number of rotatable bonds is 1. The second-order valence-corrected chi connectivity index (χ2v) is 4.24. The molecule has 0 aliphatic rings. The molecule has 17 heavy (non-hydrogen) atoms. The molecule has 3 rings (SSSR count). The van der Waals surface area contributed by atoms with Crippen molar-refractivity contribution in [3.63, 3.8) is 0 Å². The fourth-order valence-corrected chi connectivity index (χ4v) is 2.11. The molecule has 0 aliphatic heterocycles. The van der Waals surface area contributed by atoms with Crippen molar-refractivity contribution in [2.24, 2.45) is 0 Å². The molecule has 2 aromatic heterocycles. The highest BCUT2D eigenvalue weighted by Gasteiger charge is 2.08. The maximum atomic E-state index is 5.90. The fraction of sp³-hybridized carbons (Fsp3) is 0.0769. The summed E-state index contributed by atoms with van der Waals surface area (Å²) in [6, 6.07) is 11.8. The normalized spacial score (nSPS) is 10.9. The summed E-state index contributed by atoms with van der Waals surface area (Å²) in [4.78, 5) is 3.98. The highest BCUT2D eigenvalue weighted by molar-refractivity contribution is 6.29. The van der Waals surface area contributed by atoms with Crippen molar-refractivity contribution in [1.29, 1.82) is 0 Å². The lowest BCUT2D eigenvalue weighted by molar-refractivity contribution is 0.886. The van der Waals surface area contributed by atoms with Crippen molar-refractivity contribution in [3.8, 4) is 5.69 Å². The molecule has 1 aromatic carbocycles. The van der Waals surface area contributed by atoms with Crippen LogP contribution in [-0.2, 0) is 0 Å². The first-order valence-electron chi connectivity index (χ1n) is 5.32.